The second-order valence-corrected chi connectivity index (χ2v) is 2.47. The van der Waals surface area contributed by atoms with Crippen molar-refractivity contribution in [3.63, 3.8) is 0 Å². The fraction of sp³-hybridized carbons (Fsp3) is 0.556. The average molecular weight is 185 g/mol. The molecule has 4 nitrogen and oxygen atoms in total. The monoisotopic (exact) mass is 185 g/mol. The number of carbonyl (C=O) groups is 2. The Hall–Kier alpha value is -1.32. The number of hydrogen-bond donors (Lipinski definition) is 1. The van der Waals surface area contributed by atoms with Gasteiger partial charge < -0.3 is 10.1 Å². The lowest BCUT2D eigenvalue weighted by molar-refractivity contribution is -0.140. The van der Waals surface area contributed by atoms with Gasteiger partial charge in [0.15, 0.2) is 0 Å². The van der Waals surface area contributed by atoms with E-state index in [-0.39, 0.29) is 11.9 Å². The molecule has 0 aromatic rings. The molecule has 0 aromatic carbocycles. The molecule has 4 heteroatoms. The molecular formula is C9H15NO3. The van der Waals surface area contributed by atoms with Gasteiger partial charge in [-0.25, -0.2) is 0 Å². The van der Waals surface area contributed by atoms with Crippen LogP contribution in [-0.2, 0) is 14.3 Å². The summed E-state index contributed by atoms with van der Waals surface area (Å²) in [7, 11) is 1.35. The van der Waals surface area contributed by atoms with E-state index in [9.17, 15) is 9.59 Å². The van der Waals surface area contributed by atoms with Crippen LogP contribution in [0.2, 0.25) is 0 Å². The Morgan fingerprint density at radius 3 is 2.69 bits per heavy atom. The Bertz CT molecular complexity index is 199. The first kappa shape index (κ1) is 11.7. The minimum absolute atomic E-state index is 0.132. The molecule has 0 aromatic heterocycles. The van der Waals surface area contributed by atoms with Crippen molar-refractivity contribution in [1.82, 2.24) is 5.32 Å². The largest absolute Gasteiger partial charge is 0.469 e. The standard InChI is InChI=1S/C9H15NO3/c1-3-5-8(11)10-7-4-6-9(12)13-2/h3,5H,4,6-7H2,1-2H3,(H,10,11). The summed E-state index contributed by atoms with van der Waals surface area (Å²) in [5.41, 5.74) is 0. The number of nitrogens with one attached hydrogen (secondary N) is 1. The van der Waals surface area contributed by atoms with Gasteiger partial charge in [0.25, 0.3) is 0 Å². The van der Waals surface area contributed by atoms with Crippen LogP contribution in [0, 0.1) is 0 Å². The molecule has 0 rings (SSSR count). The molecule has 0 aliphatic heterocycles. The third-order valence-electron chi connectivity index (χ3n) is 1.40. The number of ether oxygens (including phenoxy) is 1. The van der Waals surface area contributed by atoms with Gasteiger partial charge in [-0.15, -0.1) is 0 Å². The summed E-state index contributed by atoms with van der Waals surface area (Å²) >= 11 is 0. The van der Waals surface area contributed by atoms with E-state index in [4.69, 9.17) is 0 Å². The zero-order valence-electron chi connectivity index (χ0n) is 8.00. The summed E-state index contributed by atoms with van der Waals surface area (Å²) in [5, 5.41) is 2.63. The summed E-state index contributed by atoms with van der Waals surface area (Å²) < 4.78 is 4.44. The number of amides is 1. The van der Waals surface area contributed by atoms with E-state index in [0.717, 1.165) is 0 Å². The Morgan fingerprint density at radius 2 is 2.15 bits per heavy atom. The molecule has 0 aliphatic rings. The summed E-state index contributed by atoms with van der Waals surface area (Å²) in [5.74, 6) is -0.382. The van der Waals surface area contributed by atoms with Gasteiger partial charge in [0, 0.05) is 13.0 Å². The first-order chi connectivity index (χ1) is 6.20. The zero-order chi connectivity index (χ0) is 10.1. The molecule has 1 amide bonds. The number of esters is 1. The van der Waals surface area contributed by atoms with E-state index >= 15 is 0 Å². The van der Waals surface area contributed by atoms with Crippen LogP contribution in [0.25, 0.3) is 0 Å². The van der Waals surface area contributed by atoms with Crippen LogP contribution in [0.15, 0.2) is 12.2 Å². The Kier molecular flexibility index (Phi) is 6.59. The fourth-order valence-electron chi connectivity index (χ4n) is 0.757. The van der Waals surface area contributed by atoms with Gasteiger partial charge >= 0.3 is 5.97 Å². The highest BCUT2D eigenvalue weighted by molar-refractivity contribution is 5.87. The smallest absolute Gasteiger partial charge is 0.305 e. The van der Waals surface area contributed by atoms with Crippen LogP contribution in [0.4, 0.5) is 0 Å². The minimum atomic E-state index is -0.250. The average Bonchev–Trinajstić information content (AvgIpc) is 2.12. The van der Waals surface area contributed by atoms with Gasteiger partial charge in [-0.2, -0.15) is 0 Å². The van der Waals surface area contributed by atoms with Gasteiger partial charge in [0.1, 0.15) is 0 Å². The summed E-state index contributed by atoms with van der Waals surface area (Å²) in [6, 6.07) is 0. The van der Waals surface area contributed by atoms with Crippen molar-refractivity contribution in [1.29, 1.82) is 0 Å². The second-order valence-electron chi connectivity index (χ2n) is 2.47. The Balaban J connectivity index is 3.35. The highest BCUT2D eigenvalue weighted by Gasteiger charge is 1.99. The van der Waals surface area contributed by atoms with E-state index in [2.05, 4.69) is 10.1 Å². The predicted octanol–water partition coefficient (Wildman–Crippen LogP) is 0.632. The van der Waals surface area contributed by atoms with Crippen LogP contribution >= 0.6 is 0 Å². The van der Waals surface area contributed by atoms with Gasteiger partial charge in [0.05, 0.1) is 7.11 Å². The third-order valence-corrected chi connectivity index (χ3v) is 1.40. The number of carbonyl (C=O) groups excluding carboxylic acids is 2. The zero-order valence-corrected chi connectivity index (χ0v) is 8.00. The van der Waals surface area contributed by atoms with Gasteiger partial charge in [-0.1, -0.05) is 6.08 Å². The third kappa shape index (κ3) is 7.05. The molecule has 0 unspecified atom stereocenters. The molecule has 0 saturated carbocycles. The number of hydrogen-bond acceptors (Lipinski definition) is 3. The van der Waals surface area contributed by atoms with Crippen molar-refractivity contribution in [3.05, 3.63) is 12.2 Å². The van der Waals surface area contributed by atoms with Crippen molar-refractivity contribution in [3.8, 4) is 0 Å². The van der Waals surface area contributed by atoms with Crippen LogP contribution in [0.1, 0.15) is 19.8 Å². The lowest BCUT2D eigenvalue weighted by Gasteiger charge is -2.00. The van der Waals surface area contributed by atoms with Crippen molar-refractivity contribution in [2.24, 2.45) is 0 Å². The number of allylic oxidation sites excluding steroid dienone is 1. The summed E-state index contributed by atoms with van der Waals surface area (Å²) in [4.78, 5) is 21.5. The molecule has 1 N–H and O–H groups in total. The first-order valence-electron chi connectivity index (χ1n) is 4.18. The molecule has 0 spiro atoms. The highest BCUT2D eigenvalue weighted by Crippen LogP contribution is 1.89. The fourth-order valence-corrected chi connectivity index (χ4v) is 0.757. The van der Waals surface area contributed by atoms with Gasteiger partial charge in [0.2, 0.25) is 5.91 Å². The van der Waals surface area contributed by atoms with Crippen LogP contribution < -0.4 is 5.32 Å². The van der Waals surface area contributed by atoms with Crippen molar-refractivity contribution >= 4 is 11.9 Å². The maximum absolute atomic E-state index is 10.8. The second kappa shape index (κ2) is 7.34. The lowest BCUT2D eigenvalue weighted by atomic mass is 10.3. The molecule has 0 atom stereocenters. The van der Waals surface area contributed by atoms with Crippen molar-refractivity contribution < 1.29 is 14.3 Å². The maximum atomic E-state index is 10.8. The van der Waals surface area contributed by atoms with Gasteiger partial charge in [-0.3, -0.25) is 9.59 Å². The quantitative estimate of drug-likeness (QED) is 0.388. The molecular weight excluding hydrogens is 170 g/mol. The molecule has 13 heavy (non-hydrogen) atoms. The molecule has 74 valence electrons. The van der Waals surface area contributed by atoms with Crippen molar-refractivity contribution in [2.45, 2.75) is 19.8 Å². The number of rotatable bonds is 5. The molecule has 0 saturated heterocycles. The molecule has 0 bridgehead atoms. The van der Waals surface area contributed by atoms with E-state index in [1.165, 1.54) is 13.2 Å². The highest BCUT2D eigenvalue weighted by atomic mass is 16.5. The first-order valence-corrected chi connectivity index (χ1v) is 4.18. The SMILES string of the molecule is CC=CC(=O)NCCCC(=O)OC. The predicted molar refractivity (Wildman–Crippen MR) is 49.1 cm³/mol. The Labute approximate surface area is 78.0 Å². The van der Waals surface area contributed by atoms with Crippen molar-refractivity contribution in [2.75, 3.05) is 13.7 Å². The topological polar surface area (TPSA) is 55.4 Å². The minimum Gasteiger partial charge on any atom is -0.469 e. The van der Waals surface area contributed by atoms with Crippen LogP contribution in [-0.4, -0.2) is 25.5 Å². The normalized spacial score (nSPS) is 10.0. The molecule has 0 radical (unpaired) electrons. The molecule has 0 fully saturated rings. The van der Waals surface area contributed by atoms with Gasteiger partial charge in [-0.05, 0) is 19.4 Å². The molecule has 0 aliphatic carbocycles. The summed E-state index contributed by atoms with van der Waals surface area (Å²) in [6.45, 7) is 2.27. The van der Waals surface area contributed by atoms with E-state index in [1.54, 1.807) is 13.0 Å². The van der Waals surface area contributed by atoms with E-state index < -0.39 is 0 Å². The van der Waals surface area contributed by atoms with Crippen LogP contribution in [0.5, 0.6) is 0 Å². The molecule has 0 heterocycles. The van der Waals surface area contributed by atoms with E-state index in [1.807, 2.05) is 0 Å². The van der Waals surface area contributed by atoms with E-state index in [0.29, 0.717) is 19.4 Å². The van der Waals surface area contributed by atoms with Crippen LogP contribution in [0.3, 0.4) is 0 Å². The summed E-state index contributed by atoms with van der Waals surface area (Å²) in [6.07, 6.45) is 4.05. The lowest BCUT2D eigenvalue weighted by Crippen LogP contribution is -2.22. The maximum Gasteiger partial charge on any atom is 0.305 e. The Morgan fingerprint density at radius 1 is 1.46 bits per heavy atom. The number of methoxy groups -OCH3 is 1.